The van der Waals surface area contributed by atoms with E-state index in [-0.39, 0.29) is 13.2 Å². The third-order valence-corrected chi connectivity index (χ3v) is 15.6. The van der Waals surface area contributed by atoms with Crippen molar-refractivity contribution in [2.75, 3.05) is 13.2 Å². The number of carbonyl (C=O) groups is 2. The highest BCUT2D eigenvalue weighted by atomic mass is 16.6. The predicted octanol–water partition coefficient (Wildman–Crippen LogP) is 15.0. The quantitative estimate of drug-likeness (QED) is 0.0849. The Bertz CT molecular complexity index is 2490. The zero-order chi connectivity index (χ0) is 46.4. The van der Waals surface area contributed by atoms with Crippen LogP contribution in [-0.4, -0.2) is 25.2 Å². The van der Waals surface area contributed by atoms with Crippen LogP contribution in [0.25, 0.3) is 33.4 Å². The molecule has 0 aromatic heterocycles. The molecule has 2 saturated carbocycles. The van der Waals surface area contributed by atoms with E-state index in [2.05, 4.69) is 74.5 Å². The van der Waals surface area contributed by atoms with Crippen molar-refractivity contribution in [3.8, 4) is 56.4 Å². The van der Waals surface area contributed by atoms with Gasteiger partial charge in [-0.25, -0.2) is 9.59 Å². The molecule has 4 aliphatic rings. The van der Waals surface area contributed by atoms with Gasteiger partial charge >= 0.3 is 11.9 Å². The highest BCUT2D eigenvalue weighted by molar-refractivity contribution is 5.85. The number of esters is 2. The van der Waals surface area contributed by atoms with E-state index in [0.29, 0.717) is 34.8 Å². The van der Waals surface area contributed by atoms with Gasteiger partial charge in [0.15, 0.2) is 13.2 Å². The van der Waals surface area contributed by atoms with Gasteiger partial charge < -0.3 is 18.9 Å². The van der Waals surface area contributed by atoms with Gasteiger partial charge in [-0.1, -0.05) is 124 Å². The lowest BCUT2D eigenvalue weighted by Gasteiger charge is -2.27. The molecule has 0 N–H and O–H groups in total. The van der Waals surface area contributed by atoms with E-state index < -0.39 is 11.9 Å². The maximum Gasteiger partial charge on any atom is 0.349 e. The lowest BCUT2D eigenvalue weighted by molar-refractivity contribution is -0.137. The summed E-state index contributed by atoms with van der Waals surface area (Å²) in [6.45, 7) is 4.22. The van der Waals surface area contributed by atoms with E-state index in [1.54, 1.807) is 0 Å². The van der Waals surface area contributed by atoms with Crippen molar-refractivity contribution in [2.24, 2.45) is 11.8 Å². The number of hydrogen-bond acceptors (Lipinski definition) is 6. The molecule has 0 atom stereocenters. The van der Waals surface area contributed by atoms with Crippen molar-refractivity contribution in [3.05, 3.63) is 155 Å². The fourth-order valence-electron chi connectivity index (χ4n) is 11.5. The van der Waals surface area contributed by atoms with Crippen LogP contribution in [0, 0.1) is 11.8 Å². The van der Waals surface area contributed by atoms with Gasteiger partial charge in [0.25, 0.3) is 0 Å². The molecule has 6 heteroatoms. The number of carbonyl (C=O) groups excluding carboxylic acids is 2. The molecule has 0 aliphatic heterocycles. The van der Waals surface area contributed by atoms with Gasteiger partial charge in [0, 0.05) is 11.1 Å². The molecule has 0 radical (unpaired) electrons. The summed E-state index contributed by atoms with van der Waals surface area (Å²) in [6.07, 6.45) is 18.4. The Morgan fingerprint density at radius 3 is 1.12 bits per heavy atom. The second-order valence-electron chi connectivity index (χ2n) is 20.3. The average Bonchev–Trinajstić information content (AvgIpc) is 3.38. The molecule has 6 aromatic rings. The molecule has 4 aliphatic carbocycles. The summed E-state index contributed by atoms with van der Waals surface area (Å²) in [5.74, 6) is 4.24. The predicted molar refractivity (Wildman–Crippen MR) is 272 cm³/mol. The number of benzene rings is 6. The van der Waals surface area contributed by atoms with Gasteiger partial charge in [-0.15, -0.1) is 0 Å². The summed E-state index contributed by atoms with van der Waals surface area (Å²) in [7, 11) is 0. The zero-order valence-electron chi connectivity index (χ0n) is 40.0. The first-order chi connectivity index (χ1) is 33.3. The molecule has 0 bridgehead atoms. The summed E-state index contributed by atoms with van der Waals surface area (Å²) < 4.78 is 24.6. The highest BCUT2D eigenvalue weighted by Gasteiger charge is 2.28. The number of ether oxygens (including phenoxy) is 4. The van der Waals surface area contributed by atoms with E-state index in [1.807, 2.05) is 60.7 Å². The number of aryl methyl sites for hydroxylation is 2. The van der Waals surface area contributed by atoms with Crippen molar-refractivity contribution in [2.45, 2.75) is 128 Å². The van der Waals surface area contributed by atoms with Gasteiger partial charge in [-0.2, -0.15) is 0 Å². The van der Waals surface area contributed by atoms with Gasteiger partial charge in [0.1, 0.15) is 23.0 Å². The first-order valence-corrected chi connectivity index (χ1v) is 25.7. The first kappa shape index (κ1) is 45.6. The summed E-state index contributed by atoms with van der Waals surface area (Å²) >= 11 is 0. The molecule has 6 nitrogen and oxygen atoms in total. The Balaban J connectivity index is 0.812. The Hall–Kier alpha value is -6.14. The lowest BCUT2D eigenvalue weighted by atomic mass is 9.79. The van der Waals surface area contributed by atoms with Crippen molar-refractivity contribution in [3.63, 3.8) is 0 Å². The van der Waals surface area contributed by atoms with E-state index in [0.717, 1.165) is 96.6 Å². The SMILES string of the molecule is CC1CCC(c2ccc(-c3ccc(OC(=O)COc4ccc5c(c4-c4c(OCC(=O)Oc6ccc(-c7ccc(C8CCC(C)CC8)cc7)cc6)ccc6c4CCCC6)CCCC5)cc3)cc2)CC1. The second kappa shape index (κ2) is 21.0. The van der Waals surface area contributed by atoms with Gasteiger partial charge in [-0.05, 0) is 193 Å². The van der Waals surface area contributed by atoms with Crippen LogP contribution in [0.3, 0.4) is 0 Å². The van der Waals surface area contributed by atoms with Gasteiger partial charge in [0.2, 0.25) is 0 Å². The second-order valence-corrected chi connectivity index (χ2v) is 20.3. The van der Waals surface area contributed by atoms with Crippen LogP contribution < -0.4 is 18.9 Å². The molecule has 350 valence electrons. The number of hydrogen-bond donors (Lipinski definition) is 0. The average molecular weight is 907 g/mol. The minimum Gasteiger partial charge on any atom is -0.481 e. The van der Waals surface area contributed by atoms with Crippen LogP contribution in [0.5, 0.6) is 23.0 Å². The molecular formula is C62H66O6. The molecule has 2 fully saturated rings. The Labute approximate surface area is 403 Å². The third-order valence-electron chi connectivity index (χ3n) is 15.6. The summed E-state index contributed by atoms with van der Waals surface area (Å²) in [6, 6.07) is 41.7. The molecular weight excluding hydrogens is 841 g/mol. The minimum absolute atomic E-state index is 0.254. The Morgan fingerprint density at radius 1 is 0.412 bits per heavy atom. The fraction of sp³-hybridized carbons (Fsp3) is 0.387. The first-order valence-electron chi connectivity index (χ1n) is 25.7. The molecule has 0 amide bonds. The largest absolute Gasteiger partial charge is 0.481 e. The number of fused-ring (bicyclic) bond motifs is 2. The maximum absolute atomic E-state index is 13.5. The van der Waals surface area contributed by atoms with E-state index in [4.69, 9.17) is 18.9 Å². The molecule has 0 spiro atoms. The van der Waals surface area contributed by atoms with Crippen LogP contribution in [0.4, 0.5) is 0 Å². The monoisotopic (exact) mass is 906 g/mol. The lowest BCUT2D eigenvalue weighted by Crippen LogP contribution is -2.20. The van der Waals surface area contributed by atoms with Crippen LogP contribution in [-0.2, 0) is 35.3 Å². The van der Waals surface area contributed by atoms with Crippen LogP contribution in [0.1, 0.15) is 136 Å². The van der Waals surface area contributed by atoms with E-state index >= 15 is 0 Å². The topological polar surface area (TPSA) is 71.1 Å². The van der Waals surface area contributed by atoms with Crippen LogP contribution >= 0.6 is 0 Å². The van der Waals surface area contributed by atoms with Crippen LogP contribution in [0.15, 0.2) is 121 Å². The van der Waals surface area contributed by atoms with Crippen molar-refractivity contribution < 1.29 is 28.5 Å². The summed E-state index contributed by atoms with van der Waals surface area (Å²) in [5, 5.41) is 0. The maximum atomic E-state index is 13.5. The minimum atomic E-state index is -0.475. The molecule has 68 heavy (non-hydrogen) atoms. The fourth-order valence-corrected chi connectivity index (χ4v) is 11.5. The third kappa shape index (κ3) is 10.6. The van der Waals surface area contributed by atoms with Crippen molar-refractivity contribution in [1.82, 2.24) is 0 Å². The Kier molecular flexibility index (Phi) is 14.1. The van der Waals surface area contributed by atoms with Crippen molar-refractivity contribution in [1.29, 1.82) is 0 Å². The molecule has 0 saturated heterocycles. The molecule has 0 unspecified atom stereocenters. The normalized spacial score (nSPS) is 20.1. The highest BCUT2D eigenvalue weighted by Crippen LogP contribution is 2.47. The molecule has 10 rings (SSSR count). The zero-order valence-corrected chi connectivity index (χ0v) is 40.0. The summed E-state index contributed by atoms with van der Waals surface area (Å²) in [5.41, 5.74) is 14.3. The van der Waals surface area contributed by atoms with E-state index in [1.165, 1.54) is 84.7 Å². The van der Waals surface area contributed by atoms with Gasteiger partial charge in [-0.3, -0.25) is 0 Å². The Morgan fingerprint density at radius 2 is 0.750 bits per heavy atom. The van der Waals surface area contributed by atoms with E-state index in [9.17, 15) is 9.59 Å². The molecule has 0 heterocycles. The summed E-state index contributed by atoms with van der Waals surface area (Å²) in [4.78, 5) is 26.9. The number of rotatable bonds is 13. The van der Waals surface area contributed by atoms with Crippen molar-refractivity contribution >= 4 is 11.9 Å². The smallest absolute Gasteiger partial charge is 0.349 e. The standard InChI is InChI=1S/C62H66O6/c1-41-11-15-43(16-12-41)45-19-23-47(24-20-45)49-27-33-53(34-28-49)67-59(63)39-65-57-37-31-51-7-3-5-9-55(51)61(57)62-56-10-6-4-8-52(56)32-38-58(62)66-40-60(64)68-54-35-29-50(30-36-54)48-25-21-46(22-26-48)44-17-13-42(2)14-18-44/h19-38,41-44H,3-18,39-40H2,1-2H3. The van der Waals surface area contributed by atoms with Gasteiger partial charge in [0.05, 0.1) is 0 Å². The molecule has 6 aromatic carbocycles. The van der Waals surface area contributed by atoms with Crippen LogP contribution in [0.2, 0.25) is 0 Å².